The van der Waals surface area contributed by atoms with Crippen LogP contribution in [0.2, 0.25) is 0 Å². The first-order chi connectivity index (χ1) is 9.51. The molecule has 0 heterocycles. The maximum atomic E-state index is 12.2. The summed E-state index contributed by atoms with van der Waals surface area (Å²) in [7, 11) is 0. The molecule has 2 aromatic rings. The molecule has 0 spiro atoms. The number of carbonyl (C=O) groups excluding carboxylic acids is 1. The van der Waals surface area contributed by atoms with Gasteiger partial charge in [-0.1, -0.05) is 44.0 Å². The molecule has 0 radical (unpaired) electrons. The Morgan fingerprint density at radius 1 is 1.20 bits per heavy atom. The summed E-state index contributed by atoms with van der Waals surface area (Å²) in [5, 5.41) is 11.9. The van der Waals surface area contributed by atoms with Crippen molar-refractivity contribution in [2.75, 3.05) is 5.32 Å². The fourth-order valence-electron chi connectivity index (χ4n) is 1.80. The molecule has 0 aromatic heterocycles. The summed E-state index contributed by atoms with van der Waals surface area (Å²) in [6.07, 6.45) is 0. The van der Waals surface area contributed by atoms with E-state index in [1.54, 1.807) is 18.2 Å². The number of hydrogen-bond donors (Lipinski definition) is 1. The van der Waals surface area contributed by atoms with E-state index in [1.165, 1.54) is 0 Å². The third kappa shape index (κ3) is 3.27. The molecule has 0 saturated carbocycles. The molecular weight excluding hydrogens is 384 g/mol. The Labute approximate surface area is 133 Å². The standard InChI is InChI=1S/C15H10Br2N2O/c1-9-3-2-4-14(13(9)8-18)19-15(20)10-5-11(16)7-12(17)6-10/h2-7H,1H3,(H,19,20). The van der Waals surface area contributed by atoms with Gasteiger partial charge in [0.25, 0.3) is 5.91 Å². The van der Waals surface area contributed by atoms with Gasteiger partial charge in [0.2, 0.25) is 0 Å². The average molecular weight is 394 g/mol. The maximum Gasteiger partial charge on any atom is 0.255 e. The van der Waals surface area contributed by atoms with Crippen LogP contribution in [0.4, 0.5) is 5.69 Å². The highest BCUT2D eigenvalue weighted by Gasteiger charge is 2.11. The van der Waals surface area contributed by atoms with Crippen molar-refractivity contribution in [1.82, 2.24) is 0 Å². The van der Waals surface area contributed by atoms with Crippen molar-refractivity contribution < 1.29 is 4.79 Å². The van der Waals surface area contributed by atoms with Crippen molar-refractivity contribution in [3.05, 3.63) is 62.0 Å². The minimum Gasteiger partial charge on any atom is -0.321 e. The summed E-state index contributed by atoms with van der Waals surface area (Å²) in [5.74, 6) is -0.255. The van der Waals surface area contributed by atoms with E-state index in [1.807, 2.05) is 25.1 Å². The number of amides is 1. The number of nitrogens with one attached hydrogen (secondary N) is 1. The first-order valence-corrected chi connectivity index (χ1v) is 7.37. The van der Waals surface area contributed by atoms with Crippen molar-refractivity contribution in [1.29, 1.82) is 5.26 Å². The molecule has 0 aliphatic rings. The second-order valence-corrected chi connectivity index (χ2v) is 6.05. The zero-order chi connectivity index (χ0) is 14.7. The molecular formula is C15H10Br2N2O. The predicted octanol–water partition coefficient (Wildman–Crippen LogP) is 4.64. The van der Waals surface area contributed by atoms with Crippen LogP contribution in [0.15, 0.2) is 45.3 Å². The van der Waals surface area contributed by atoms with Gasteiger partial charge in [-0.2, -0.15) is 5.26 Å². The molecule has 0 atom stereocenters. The van der Waals surface area contributed by atoms with Crippen LogP contribution in [0, 0.1) is 18.3 Å². The number of aryl methyl sites for hydroxylation is 1. The smallest absolute Gasteiger partial charge is 0.255 e. The number of hydrogen-bond acceptors (Lipinski definition) is 2. The van der Waals surface area contributed by atoms with Crippen molar-refractivity contribution in [3.8, 4) is 6.07 Å². The van der Waals surface area contributed by atoms with Gasteiger partial charge in [0.15, 0.2) is 0 Å². The molecule has 1 N–H and O–H groups in total. The van der Waals surface area contributed by atoms with Gasteiger partial charge in [-0.3, -0.25) is 4.79 Å². The predicted molar refractivity (Wildman–Crippen MR) is 85.7 cm³/mol. The van der Waals surface area contributed by atoms with E-state index in [0.717, 1.165) is 14.5 Å². The number of rotatable bonds is 2. The second kappa shape index (κ2) is 6.21. The number of nitriles is 1. The number of benzene rings is 2. The molecule has 0 aliphatic carbocycles. The molecule has 2 rings (SSSR count). The van der Waals surface area contributed by atoms with Gasteiger partial charge in [-0.25, -0.2) is 0 Å². The van der Waals surface area contributed by atoms with E-state index in [2.05, 4.69) is 43.2 Å². The van der Waals surface area contributed by atoms with Crippen molar-refractivity contribution in [3.63, 3.8) is 0 Å². The zero-order valence-electron chi connectivity index (χ0n) is 10.6. The van der Waals surface area contributed by atoms with Gasteiger partial charge < -0.3 is 5.32 Å². The lowest BCUT2D eigenvalue weighted by atomic mass is 10.1. The molecule has 0 fully saturated rings. The van der Waals surface area contributed by atoms with Crippen molar-refractivity contribution in [2.24, 2.45) is 0 Å². The Morgan fingerprint density at radius 3 is 2.45 bits per heavy atom. The lowest BCUT2D eigenvalue weighted by molar-refractivity contribution is 0.102. The van der Waals surface area contributed by atoms with Crippen LogP contribution in [0.5, 0.6) is 0 Å². The second-order valence-electron chi connectivity index (χ2n) is 4.22. The van der Waals surface area contributed by atoms with E-state index in [9.17, 15) is 4.79 Å². The molecule has 3 nitrogen and oxygen atoms in total. The SMILES string of the molecule is Cc1cccc(NC(=O)c2cc(Br)cc(Br)c2)c1C#N. The average Bonchev–Trinajstić information content (AvgIpc) is 2.37. The fraction of sp³-hybridized carbons (Fsp3) is 0.0667. The van der Waals surface area contributed by atoms with Crippen LogP contribution in [-0.4, -0.2) is 5.91 Å². The van der Waals surface area contributed by atoms with E-state index in [-0.39, 0.29) is 5.91 Å². The Kier molecular flexibility index (Phi) is 4.58. The van der Waals surface area contributed by atoms with E-state index in [4.69, 9.17) is 5.26 Å². The Bertz CT molecular complexity index is 700. The van der Waals surface area contributed by atoms with E-state index in [0.29, 0.717) is 16.8 Å². The molecule has 5 heteroatoms. The normalized spacial score (nSPS) is 9.90. The number of carbonyl (C=O) groups is 1. The van der Waals surface area contributed by atoms with Crippen LogP contribution < -0.4 is 5.32 Å². The third-order valence-corrected chi connectivity index (χ3v) is 3.67. The maximum absolute atomic E-state index is 12.2. The lowest BCUT2D eigenvalue weighted by Gasteiger charge is -2.09. The summed E-state index contributed by atoms with van der Waals surface area (Å²) in [6, 6.07) is 12.8. The minimum atomic E-state index is -0.255. The highest BCUT2D eigenvalue weighted by atomic mass is 79.9. The lowest BCUT2D eigenvalue weighted by Crippen LogP contribution is -2.13. The molecule has 0 saturated heterocycles. The number of halogens is 2. The molecule has 1 amide bonds. The molecule has 0 aliphatic heterocycles. The van der Waals surface area contributed by atoms with Gasteiger partial charge in [0.1, 0.15) is 6.07 Å². The zero-order valence-corrected chi connectivity index (χ0v) is 13.7. The van der Waals surface area contributed by atoms with Crippen molar-refractivity contribution >= 4 is 43.5 Å². The number of nitrogens with zero attached hydrogens (tertiary/aromatic N) is 1. The van der Waals surface area contributed by atoms with Crippen LogP contribution in [-0.2, 0) is 0 Å². The van der Waals surface area contributed by atoms with Gasteiger partial charge in [0, 0.05) is 14.5 Å². The van der Waals surface area contributed by atoms with Crippen LogP contribution >= 0.6 is 31.9 Å². The fourth-order valence-corrected chi connectivity index (χ4v) is 3.09. The van der Waals surface area contributed by atoms with Gasteiger partial charge >= 0.3 is 0 Å². The molecule has 0 bridgehead atoms. The van der Waals surface area contributed by atoms with E-state index >= 15 is 0 Å². The van der Waals surface area contributed by atoms with Crippen molar-refractivity contribution in [2.45, 2.75) is 6.92 Å². The highest BCUT2D eigenvalue weighted by molar-refractivity contribution is 9.11. The monoisotopic (exact) mass is 392 g/mol. The largest absolute Gasteiger partial charge is 0.321 e. The summed E-state index contributed by atoms with van der Waals surface area (Å²) < 4.78 is 1.61. The Hall–Kier alpha value is -1.64. The Morgan fingerprint density at radius 2 is 1.85 bits per heavy atom. The number of anilines is 1. The summed E-state index contributed by atoms with van der Waals surface area (Å²) in [4.78, 5) is 12.2. The molecule has 100 valence electrons. The first-order valence-electron chi connectivity index (χ1n) is 5.78. The minimum absolute atomic E-state index is 0.255. The molecule has 2 aromatic carbocycles. The first kappa shape index (κ1) is 14.8. The summed E-state index contributed by atoms with van der Waals surface area (Å²) in [5.41, 5.74) is 2.35. The molecule has 20 heavy (non-hydrogen) atoms. The van der Waals surface area contributed by atoms with E-state index < -0.39 is 0 Å². The summed E-state index contributed by atoms with van der Waals surface area (Å²) >= 11 is 6.69. The topological polar surface area (TPSA) is 52.9 Å². The van der Waals surface area contributed by atoms with Gasteiger partial charge in [-0.05, 0) is 36.8 Å². The quantitative estimate of drug-likeness (QED) is 0.807. The highest BCUT2D eigenvalue weighted by Crippen LogP contribution is 2.23. The van der Waals surface area contributed by atoms with Crippen LogP contribution in [0.1, 0.15) is 21.5 Å². The van der Waals surface area contributed by atoms with Crippen LogP contribution in [0.3, 0.4) is 0 Å². The summed E-state index contributed by atoms with van der Waals surface area (Å²) in [6.45, 7) is 1.84. The Balaban J connectivity index is 2.33. The van der Waals surface area contributed by atoms with Gasteiger partial charge in [0.05, 0.1) is 11.3 Å². The third-order valence-electron chi connectivity index (χ3n) is 2.76. The molecule has 0 unspecified atom stereocenters. The van der Waals surface area contributed by atoms with Gasteiger partial charge in [-0.15, -0.1) is 0 Å². The van der Waals surface area contributed by atoms with Crippen LogP contribution in [0.25, 0.3) is 0 Å².